The van der Waals surface area contributed by atoms with E-state index in [1.165, 1.54) is 0 Å². The minimum Gasteiger partial charge on any atom is -0.357 e. The van der Waals surface area contributed by atoms with Crippen molar-refractivity contribution in [1.82, 2.24) is 19.8 Å². The van der Waals surface area contributed by atoms with Crippen LogP contribution in [0.1, 0.15) is 37.4 Å². The van der Waals surface area contributed by atoms with E-state index < -0.39 is 0 Å². The third-order valence-corrected chi connectivity index (χ3v) is 4.96. The Morgan fingerprint density at radius 3 is 2.78 bits per heavy atom. The molecule has 7 heteroatoms. The van der Waals surface area contributed by atoms with E-state index in [-0.39, 0.29) is 24.0 Å². The summed E-state index contributed by atoms with van der Waals surface area (Å²) < 4.78 is 2.21. The number of likely N-dealkylation sites (tertiary alicyclic amines) is 1. The number of hydrogen-bond donors (Lipinski definition) is 1. The third-order valence-electron chi connectivity index (χ3n) is 4.96. The van der Waals surface area contributed by atoms with Gasteiger partial charge in [0.2, 0.25) is 0 Å². The van der Waals surface area contributed by atoms with Crippen molar-refractivity contribution in [3.8, 4) is 6.07 Å². The van der Waals surface area contributed by atoms with Crippen molar-refractivity contribution in [2.45, 2.75) is 32.9 Å². The zero-order chi connectivity index (χ0) is 18.4. The van der Waals surface area contributed by atoms with Crippen molar-refractivity contribution >= 4 is 29.9 Å². The van der Waals surface area contributed by atoms with Gasteiger partial charge in [0.1, 0.15) is 0 Å². The van der Waals surface area contributed by atoms with Gasteiger partial charge in [0, 0.05) is 32.0 Å². The van der Waals surface area contributed by atoms with E-state index in [0.29, 0.717) is 24.1 Å². The van der Waals surface area contributed by atoms with Gasteiger partial charge in [0.15, 0.2) is 5.96 Å². The van der Waals surface area contributed by atoms with Gasteiger partial charge in [-0.15, -0.1) is 24.0 Å². The lowest BCUT2D eigenvalue weighted by molar-refractivity contribution is 0.189. The summed E-state index contributed by atoms with van der Waals surface area (Å²) >= 11 is 0. The van der Waals surface area contributed by atoms with Crippen LogP contribution in [-0.2, 0) is 6.54 Å². The lowest BCUT2D eigenvalue weighted by Crippen LogP contribution is -2.49. The Kier molecular flexibility index (Phi) is 8.10. The van der Waals surface area contributed by atoms with Crippen LogP contribution < -0.4 is 5.32 Å². The van der Waals surface area contributed by atoms with Gasteiger partial charge in [0.05, 0.1) is 30.5 Å². The molecule has 27 heavy (non-hydrogen) atoms. The molecule has 0 aliphatic carbocycles. The van der Waals surface area contributed by atoms with Crippen LogP contribution in [0, 0.1) is 17.2 Å². The molecular formula is C20H27IN6. The molecule has 1 N–H and O–H groups in total. The number of imidazole rings is 1. The van der Waals surface area contributed by atoms with Gasteiger partial charge in [0.25, 0.3) is 0 Å². The number of nitrogens with one attached hydrogen (secondary N) is 1. The van der Waals surface area contributed by atoms with E-state index in [1.54, 1.807) is 0 Å². The molecular weight excluding hydrogens is 451 g/mol. The number of nitriles is 1. The number of piperidine rings is 1. The molecule has 144 valence electrons. The molecule has 0 spiro atoms. The summed E-state index contributed by atoms with van der Waals surface area (Å²) in [6.45, 7) is 7.78. The average molecular weight is 478 g/mol. The monoisotopic (exact) mass is 478 g/mol. The van der Waals surface area contributed by atoms with E-state index in [1.807, 2.05) is 43.0 Å². The second-order valence-electron chi connectivity index (χ2n) is 6.77. The average Bonchev–Trinajstić information content (AvgIpc) is 3.20. The quantitative estimate of drug-likeness (QED) is 0.416. The molecule has 1 saturated heterocycles. The van der Waals surface area contributed by atoms with Crippen molar-refractivity contribution < 1.29 is 0 Å². The smallest absolute Gasteiger partial charge is 0.194 e. The molecule has 2 unspecified atom stereocenters. The van der Waals surface area contributed by atoms with Crippen LogP contribution >= 0.6 is 24.0 Å². The first-order valence-corrected chi connectivity index (χ1v) is 9.21. The summed E-state index contributed by atoms with van der Waals surface area (Å²) in [7, 11) is 0. The van der Waals surface area contributed by atoms with Gasteiger partial charge < -0.3 is 14.8 Å². The number of hydrogen-bond acceptors (Lipinski definition) is 3. The Balaban J connectivity index is 0.00000261. The van der Waals surface area contributed by atoms with E-state index in [4.69, 9.17) is 10.3 Å². The Hall–Kier alpha value is -2.08. The Bertz CT molecular complexity index is 763. The fourth-order valence-electron chi connectivity index (χ4n) is 3.37. The van der Waals surface area contributed by atoms with E-state index >= 15 is 0 Å². The Morgan fingerprint density at radius 1 is 1.37 bits per heavy atom. The minimum atomic E-state index is 0. The predicted molar refractivity (Wildman–Crippen MR) is 118 cm³/mol. The highest BCUT2D eigenvalue weighted by Gasteiger charge is 2.28. The van der Waals surface area contributed by atoms with Gasteiger partial charge >= 0.3 is 0 Å². The van der Waals surface area contributed by atoms with Crippen molar-refractivity contribution in [3.05, 3.63) is 54.1 Å². The highest BCUT2D eigenvalue weighted by molar-refractivity contribution is 14.0. The van der Waals surface area contributed by atoms with Crippen LogP contribution in [0.5, 0.6) is 0 Å². The second kappa shape index (κ2) is 10.3. The van der Waals surface area contributed by atoms with Gasteiger partial charge in [-0.2, -0.15) is 5.26 Å². The van der Waals surface area contributed by atoms with Crippen molar-refractivity contribution in [2.75, 3.05) is 19.6 Å². The van der Waals surface area contributed by atoms with Crippen LogP contribution in [0.25, 0.3) is 0 Å². The van der Waals surface area contributed by atoms with E-state index in [9.17, 15) is 0 Å². The maximum Gasteiger partial charge on any atom is 0.194 e. The van der Waals surface area contributed by atoms with Gasteiger partial charge in [-0.1, -0.05) is 19.1 Å². The molecule has 2 atom stereocenters. The standard InChI is InChI=1S/C20H26N6.HI/c1-3-23-20(24-13-18-6-4-17(12-21)5-7-18)25-10-8-16(2)19(14-25)26-11-9-22-15-26;/h4-7,9,11,15-16,19H,3,8,10,13-14H2,1-2H3,(H,23,24);1H. The summed E-state index contributed by atoms with van der Waals surface area (Å²) in [6, 6.07) is 10.2. The Labute approximate surface area is 178 Å². The van der Waals surface area contributed by atoms with E-state index in [2.05, 4.69) is 39.7 Å². The normalized spacial score (nSPS) is 19.9. The fraction of sp³-hybridized carbons (Fsp3) is 0.450. The van der Waals surface area contributed by atoms with Gasteiger partial charge in [-0.3, -0.25) is 0 Å². The van der Waals surface area contributed by atoms with Crippen molar-refractivity contribution in [2.24, 2.45) is 10.9 Å². The summed E-state index contributed by atoms with van der Waals surface area (Å²) in [5, 5.41) is 12.3. The molecule has 1 aliphatic rings. The molecule has 1 aromatic heterocycles. The number of rotatable bonds is 4. The van der Waals surface area contributed by atoms with Crippen LogP contribution in [0.3, 0.4) is 0 Å². The number of halogens is 1. The number of benzene rings is 1. The number of guanidine groups is 1. The van der Waals surface area contributed by atoms with Crippen LogP contribution in [-0.4, -0.2) is 40.0 Å². The first-order valence-electron chi connectivity index (χ1n) is 9.21. The molecule has 2 heterocycles. The number of nitrogens with zero attached hydrogens (tertiary/aromatic N) is 5. The van der Waals surface area contributed by atoms with E-state index in [0.717, 1.165) is 37.6 Å². The molecule has 1 fully saturated rings. The second-order valence-corrected chi connectivity index (χ2v) is 6.77. The van der Waals surface area contributed by atoms with Crippen LogP contribution in [0.2, 0.25) is 0 Å². The Morgan fingerprint density at radius 2 is 2.15 bits per heavy atom. The number of aromatic nitrogens is 2. The summed E-state index contributed by atoms with van der Waals surface area (Å²) in [5.41, 5.74) is 1.79. The molecule has 0 bridgehead atoms. The van der Waals surface area contributed by atoms with Gasteiger partial charge in [-0.05, 0) is 37.0 Å². The summed E-state index contributed by atoms with van der Waals surface area (Å²) in [4.78, 5) is 11.4. The zero-order valence-electron chi connectivity index (χ0n) is 15.9. The highest BCUT2D eigenvalue weighted by Crippen LogP contribution is 2.27. The van der Waals surface area contributed by atoms with Crippen LogP contribution in [0.4, 0.5) is 0 Å². The van der Waals surface area contributed by atoms with Gasteiger partial charge in [-0.25, -0.2) is 9.98 Å². The summed E-state index contributed by atoms with van der Waals surface area (Å²) in [6.07, 6.45) is 6.93. The minimum absolute atomic E-state index is 0. The van der Waals surface area contributed by atoms with Crippen molar-refractivity contribution in [1.29, 1.82) is 5.26 Å². The predicted octanol–water partition coefficient (Wildman–Crippen LogP) is 3.42. The topological polar surface area (TPSA) is 69.2 Å². The molecule has 1 aliphatic heterocycles. The largest absolute Gasteiger partial charge is 0.357 e. The van der Waals surface area contributed by atoms with Crippen molar-refractivity contribution in [3.63, 3.8) is 0 Å². The molecule has 0 saturated carbocycles. The molecule has 3 rings (SSSR count). The molecule has 0 amide bonds. The zero-order valence-corrected chi connectivity index (χ0v) is 18.2. The molecule has 2 aromatic rings. The number of aliphatic imine (C=N–C) groups is 1. The fourth-order valence-corrected chi connectivity index (χ4v) is 3.37. The molecule has 1 aromatic carbocycles. The van der Waals surface area contributed by atoms with Crippen LogP contribution in [0.15, 0.2) is 48.0 Å². The SMILES string of the molecule is CCNC(=NCc1ccc(C#N)cc1)N1CCC(C)C(n2ccnc2)C1.I. The molecule has 6 nitrogen and oxygen atoms in total. The lowest BCUT2D eigenvalue weighted by Gasteiger charge is -2.39. The third kappa shape index (κ3) is 5.45. The first-order chi connectivity index (χ1) is 12.7. The maximum atomic E-state index is 8.91. The summed E-state index contributed by atoms with van der Waals surface area (Å²) in [5.74, 6) is 1.57. The first kappa shape index (κ1) is 21.2. The lowest BCUT2D eigenvalue weighted by atomic mass is 9.93. The highest BCUT2D eigenvalue weighted by atomic mass is 127. The maximum absolute atomic E-state index is 8.91. The molecule has 0 radical (unpaired) electrons.